The number of ether oxygens (including phenoxy) is 2. The topological polar surface area (TPSA) is 72.9 Å². The number of thiophene rings is 1. The molecule has 0 bridgehead atoms. The molecule has 4 rings (SSSR count). The standard InChI is InChI=1S/C30H32BrNO5S/c1-18-23-24(38-25(18)31)21(26(33)32(27(23)34)30(5,6)28(35)37-29(2,3)4)17-22(19-13-9-7-10-14-19)36-20-15-11-8-12-16-20/h7-16,21-22H,17H2,1-6H3. The lowest BCUT2D eigenvalue weighted by Crippen LogP contribution is -2.60. The molecule has 1 aliphatic heterocycles. The molecule has 2 heterocycles. The summed E-state index contributed by atoms with van der Waals surface area (Å²) >= 11 is 4.95. The quantitative estimate of drug-likeness (QED) is 0.212. The van der Waals surface area contributed by atoms with Crippen LogP contribution in [0.3, 0.4) is 0 Å². The second-order valence-corrected chi connectivity index (χ2v) is 13.3. The molecular formula is C30H32BrNO5S. The summed E-state index contributed by atoms with van der Waals surface area (Å²) in [6, 6.07) is 19.2. The first-order valence-electron chi connectivity index (χ1n) is 12.5. The predicted octanol–water partition coefficient (Wildman–Crippen LogP) is 7.22. The minimum absolute atomic E-state index is 0.283. The van der Waals surface area contributed by atoms with E-state index in [0.717, 1.165) is 19.8 Å². The lowest BCUT2D eigenvalue weighted by molar-refractivity contribution is -0.170. The van der Waals surface area contributed by atoms with Gasteiger partial charge < -0.3 is 9.47 Å². The molecule has 2 atom stereocenters. The normalized spacial score (nSPS) is 16.7. The molecule has 38 heavy (non-hydrogen) atoms. The fourth-order valence-corrected chi connectivity index (χ4v) is 6.38. The highest BCUT2D eigenvalue weighted by molar-refractivity contribution is 9.11. The van der Waals surface area contributed by atoms with Gasteiger partial charge >= 0.3 is 5.97 Å². The molecule has 6 nitrogen and oxygen atoms in total. The molecule has 2 aromatic carbocycles. The van der Waals surface area contributed by atoms with Crippen LogP contribution in [0.5, 0.6) is 5.75 Å². The van der Waals surface area contributed by atoms with Crippen molar-refractivity contribution in [2.75, 3.05) is 0 Å². The SMILES string of the molecule is Cc1c(Br)sc2c1C(=O)N(C(C)(C)C(=O)OC(C)(C)C)C(=O)C2CC(Oc1ccccc1)c1ccccc1. The highest BCUT2D eigenvalue weighted by atomic mass is 79.9. The summed E-state index contributed by atoms with van der Waals surface area (Å²) in [5.41, 5.74) is -0.176. The fourth-order valence-electron chi connectivity index (χ4n) is 4.53. The third-order valence-corrected chi connectivity index (χ3v) is 8.74. The summed E-state index contributed by atoms with van der Waals surface area (Å²) in [5.74, 6) is -1.59. The van der Waals surface area contributed by atoms with Gasteiger partial charge in [0, 0.05) is 11.3 Å². The van der Waals surface area contributed by atoms with E-state index in [9.17, 15) is 14.4 Å². The third-order valence-electron chi connectivity index (χ3n) is 6.47. The molecule has 1 aliphatic rings. The van der Waals surface area contributed by atoms with Crippen molar-refractivity contribution in [3.05, 3.63) is 86.0 Å². The second-order valence-electron chi connectivity index (χ2n) is 10.9. The summed E-state index contributed by atoms with van der Waals surface area (Å²) in [5, 5.41) is 0. The molecule has 2 amide bonds. The van der Waals surface area contributed by atoms with Crippen molar-refractivity contribution in [3.63, 3.8) is 0 Å². The summed E-state index contributed by atoms with van der Waals surface area (Å²) in [7, 11) is 0. The largest absolute Gasteiger partial charge is 0.486 e. The van der Waals surface area contributed by atoms with Crippen molar-refractivity contribution in [2.24, 2.45) is 0 Å². The van der Waals surface area contributed by atoms with Gasteiger partial charge in [-0.15, -0.1) is 11.3 Å². The number of fused-ring (bicyclic) bond motifs is 1. The van der Waals surface area contributed by atoms with Crippen LogP contribution in [0.25, 0.3) is 0 Å². The van der Waals surface area contributed by atoms with Crippen molar-refractivity contribution in [1.82, 2.24) is 4.90 Å². The number of rotatable bonds is 7. The van der Waals surface area contributed by atoms with Crippen molar-refractivity contribution in [2.45, 2.75) is 71.1 Å². The van der Waals surface area contributed by atoms with Gasteiger partial charge in [-0.2, -0.15) is 0 Å². The predicted molar refractivity (Wildman–Crippen MR) is 151 cm³/mol. The number of hydrogen-bond donors (Lipinski definition) is 0. The smallest absolute Gasteiger partial charge is 0.332 e. The molecule has 3 aromatic rings. The van der Waals surface area contributed by atoms with Crippen LogP contribution in [-0.4, -0.2) is 33.8 Å². The van der Waals surface area contributed by atoms with Gasteiger partial charge in [0.25, 0.3) is 5.91 Å². The fraction of sp³-hybridized carbons (Fsp3) is 0.367. The third kappa shape index (κ3) is 5.57. The number of halogens is 1. The average Bonchev–Trinajstić information content (AvgIpc) is 3.15. The highest BCUT2D eigenvalue weighted by Crippen LogP contribution is 2.47. The molecule has 1 aromatic heterocycles. The van der Waals surface area contributed by atoms with E-state index in [-0.39, 0.29) is 6.42 Å². The zero-order valence-corrected chi connectivity index (χ0v) is 24.8. The molecule has 0 saturated heterocycles. The zero-order chi connectivity index (χ0) is 27.8. The van der Waals surface area contributed by atoms with Crippen molar-refractivity contribution in [3.8, 4) is 5.75 Å². The van der Waals surface area contributed by atoms with E-state index in [1.165, 1.54) is 11.3 Å². The Kier molecular flexibility index (Phi) is 7.86. The highest BCUT2D eigenvalue weighted by Gasteiger charge is 2.52. The van der Waals surface area contributed by atoms with E-state index in [1.54, 1.807) is 34.6 Å². The molecule has 0 N–H and O–H groups in total. The molecular weight excluding hydrogens is 566 g/mol. The van der Waals surface area contributed by atoms with Crippen LogP contribution in [0.4, 0.5) is 0 Å². The van der Waals surface area contributed by atoms with Gasteiger partial charge in [-0.1, -0.05) is 48.5 Å². The van der Waals surface area contributed by atoms with Gasteiger partial charge in [-0.25, -0.2) is 4.79 Å². The zero-order valence-electron chi connectivity index (χ0n) is 22.4. The number of amides is 2. The van der Waals surface area contributed by atoms with Gasteiger partial charge in [-0.3, -0.25) is 14.5 Å². The van der Waals surface area contributed by atoms with Crippen molar-refractivity contribution < 1.29 is 23.9 Å². The van der Waals surface area contributed by atoms with Crippen molar-refractivity contribution >= 4 is 45.1 Å². The van der Waals surface area contributed by atoms with E-state index < -0.39 is 40.9 Å². The molecule has 200 valence electrons. The maximum atomic E-state index is 14.2. The Morgan fingerprint density at radius 3 is 2.16 bits per heavy atom. The Morgan fingerprint density at radius 2 is 1.58 bits per heavy atom. The van der Waals surface area contributed by atoms with Crippen LogP contribution < -0.4 is 4.74 Å². The molecule has 0 spiro atoms. The first-order valence-corrected chi connectivity index (χ1v) is 14.1. The lowest BCUT2D eigenvalue weighted by Gasteiger charge is -2.41. The average molecular weight is 599 g/mol. The van der Waals surface area contributed by atoms with Gasteiger partial charge in [0.05, 0.1) is 15.3 Å². The van der Waals surface area contributed by atoms with Crippen LogP contribution in [0, 0.1) is 6.92 Å². The molecule has 2 unspecified atom stereocenters. The molecule has 0 aliphatic carbocycles. The van der Waals surface area contributed by atoms with Crippen LogP contribution >= 0.6 is 27.3 Å². The summed E-state index contributed by atoms with van der Waals surface area (Å²) in [4.78, 5) is 43.0. The van der Waals surface area contributed by atoms with Crippen LogP contribution in [-0.2, 0) is 14.3 Å². The Balaban J connectivity index is 1.79. The number of esters is 1. The monoisotopic (exact) mass is 597 g/mol. The summed E-state index contributed by atoms with van der Waals surface area (Å²) in [6.07, 6.45) is -0.188. The van der Waals surface area contributed by atoms with E-state index in [0.29, 0.717) is 16.2 Å². The first-order chi connectivity index (χ1) is 17.8. The maximum absolute atomic E-state index is 14.2. The lowest BCUT2D eigenvalue weighted by atomic mass is 9.85. The maximum Gasteiger partial charge on any atom is 0.332 e. The van der Waals surface area contributed by atoms with Crippen molar-refractivity contribution in [1.29, 1.82) is 0 Å². The van der Waals surface area contributed by atoms with E-state index in [1.807, 2.05) is 67.6 Å². The Bertz CT molecular complexity index is 1340. The van der Waals surface area contributed by atoms with E-state index in [4.69, 9.17) is 9.47 Å². The number of carbonyl (C=O) groups excluding carboxylic acids is 3. The minimum Gasteiger partial charge on any atom is -0.486 e. The number of carbonyl (C=O) groups is 3. The van der Waals surface area contributed by atoms with Crippen LogP contribution in [0.1, 0.15) is 79.4 Å². The Morgan fingerprint density at radius 1 is 1.00 bits per heavy atom. The number of benzene rings is 2. The second kappa shape index (κ2) is 10.7. The van der Waals surface area contributed by atoms with E-state index in [2.05, 4.69) is 15.9 Å². The molecule has 0 fully saturated rings. The number of imide groups is 1. The van der Waals surface area contributed by atoms with Gasteiger partial charge in [0.1, 0.15) is 23.0 Å². The summed E-state index contributed by atoms with van der Waals surface area (Å²) < 4.78 is 12.8. The molecule has 8 heteroatoms. The molecule has 0 saturated carbocycles. The number of hydrogen-bond acceptors (Lipinski definition) is 6. The number of para-hydroxylation sites is 1. The minimum atomic E-state index is -1.51. The van der Waals surface area contributed by atoms with Gasteiger partial charge in [0.15, 0.2) is 0 Å². The van der Waals surface area contributed by atoms with Crippen LogP contribution in [0.15, 0.2) is 64.5 Å². The molecule has 0 radical (unpaired) electrons. The Labute approximate surface area is 236 Å². The Hall–Kier alpha value is -2.97. The van der Waals surface area contributed by atoms with Gasteiger partial charge in [-0.05, 0) is 80.7 Å². The van der Waals surface area contributed by atoms with Crippen LogP contribution in [0.2, 0.25) is 0 Å². The first kappa shape index (κ1) is 28.0. The van der Waals surface area contributed by atoms with Gasteiger partial charge in [0.2, 0.25) is 5.91 Å². The summed E-state index contributed by atoms with van der Waals surface area (Å²) in [6.45, 7) is 10.2. The van der Waals surface area contributed by atoms with E-state index >= 15 is 0 Å². The number of nitrogens with zero attached hydrogens (tertiary/aromatic N) is 1.